The number of rotatable bonds is 2. The summed E-state index contributed by atoms with van der Waals surface area (Å²) < 4.78 is 0. The normalized spacial score (nSPS) is 19.1. The molecule has 1 aromatic rings. The average Bonchev–Trinajstić information content (AvgIpc) is 2.26. The minimum absolute atomic E-state index is 0.160. The first-order valence-corrected chi connectivity index (χ1v) is 6.67. The van der Waals surface area contributed by atoms with Crippen LogP contribution in [0.5, 0.6) is 0 Å². The van der Waals surface area contributed by atoms with E-state index in [0.717, 1.165) is 17.2 Å². The van der Waals surface area contributed by atoms with Gasteiger partial charge in [-0.3, -0.25) is 0 Å². The van der Waals surface area contributed by atoms with E-state index < -0.39 is 0 Å². The molecule has 0 unspecified atom stereocenters. The Morgan fingerprint density at radius 2 is 1.76 bits per heavy atom. The van der Waals surface area contributed by atoms with Gasteiger partial charge in [0, 0.05) is 11.1 Å². The molecule has 0 saturated heterocycles. The molecule has 0 atom stereocenters. The van der Waals surface area contributed by atoms with Gasteiger partial charge in [-0.1, -0.05) is 30.9 Å². The van der Waals surface area contributed by atoms with E-state index >= 15 is 0 Å². The van der Waals surface area contributed by atoms with Gasteiger partial charge in [0.25, 0.3) is 0 Å². The summed E-state index contributed by atoms with van der Waals surface area (Å²) in [5.41, 5.74) is 1.11. The van der Waals surface area contributed by atoms with Crippen LogP contribution in [0.4, 0.5) is 5.82 Å². The van der Waals surface area contributed by atoms with Crippen molar-refractivity contribution in [2.45, 2.75) is 58.4 Å². The SMILES string of the molecule is Cc1nc(Cl)c(C)c(NC2(C)CCCCC2)n1. The van der Waals surface area contributed by atoms with Crippen LogP contribution in [0.1, 0.15) is 50.4 Å². The topological polar surface area (TPSA) is 37.8 Å². The van der Waals surface area contributed by atoms with Crippen molar-refractivity contribution in [3.63, 3.8) is 0 Å². The minimum Gasteiger partial charge on any atom is -0.365 e. The zero-order valence-corrected chi connectivity index (χ0v) is 11.6. The van der Waals surface area contributed by atoms with Gasteiger partial charge >= 0.3 is 0 Å². The van der Waals surface area contributed by atoms with E-state index in [9.17, 15) is 0 Å². The molecular weight excluding hydrogens is 234 g/mol. The third-order valence-corrected chi connectivity index (χ3v) is 3.94. The van der Waals surface area contributed by atoms with Gasteiger partial charge in [-0.2, -0.15) is 0 Å². The monoisotopic (exact) mass is 253 g/mol. The highest BCUT2D eigenvalue weighted by molar-refractivity contribution is 6.30. The Morgan fingerprint density at radius 1 is 1.12 bits per heavy atom. The Bertz CT molecular complexity index is 411. The Morgan fingerprint density at radius 3 is 2.41 bits per heavy atom. The predicted octanol–water partition coefficient (Wildman–Crippen LogP) is 3.88. The third-order valence-electron chi connectivity index (χ3n) is 3.58. The molecule has 0 radical (unpaired) electrons. The summed E-state index contributed by atoms with van der Waals surface area (Å²) >= 11 is 6.09. The third kappa shape index (κ3) is 2.89. The first-order chi connectivity index (χ1) is 8.00. The van der Waals surface area contributed by atoms with Gasteiger partial charge in [0.15, 0.2) is 0 Å². The number of anilines is 1. The van der Waals surface area contributed by atoms with Crippen molar-refractivity contribution < 1.29 is 0 Å². The number of halogens is 1. The zero-order valence-electron chi connectivity index (χ0n) is 10.8. The summed E-state index contributed by atoms with van der Waals surface area (Å²) in [5, 5.41) is 4.13. The van der Waals surface area contributed by atoms with E-state index in [2.05, 4.69) is 22.2 Å². The summed E-state index contributed by atoms with van der Waals surface area (Å²) in [5.74, 6) is 1.62. The molecule has 3 nitrogen and oxygen atoms in total. The lowest BCUT2D eigenvalue weighted by Crippen LogP contribution is -2.37. The van der Waals surface area contributed by atoms with Crippen molar-refractivity contribution in [3.05, 3.63) is 16.5 Å². The molecule has 0 aromatic carbocycles. The summed E-state index contributed by atoms with van der Waals surface area (Å²) in [4.78, 5) is 8.63. The van der Waals surface area contributed by atoms with Crippen LogP contribution in [0.25, 0.3) is 0 Å². The van der Waals surface area contributed by atoms with E-state index in [1.165, 1.54) is 32.1 Å². The lowest BCUT2D eigenvalue weighted by molar-refractivity contribution is 0.348. The van der Waals surface area contributed by atoms with E-state index in [0.29, 0.717) is 5.15 Å². The van der Waals surface area contributed by atoms with Crippen LogP contribution in [0, 0.1) is 13.8 Å². The molecular formula is C13H20ClN3. The predicted molar refractivity (Wildman–Crippen MR) is 71.6 cm³/mol. The first-order valence-electron chi connectivity index (χ1n) is 6.29. The van der Waals surface area contributed by atoms with E-state index in [-0.39, 0.29) is 5.54 Å². The second-order valence-electron chi connectivity index (χ2n) is 5.28. The van der Waals surface area contributed by atoms with Crippen molar-refractivity contribution in [2.24, 2.45) is 0 Å². The summed E-state index contributed by atoms with van der Waals surface area (Å²) in [6.45, 7) is 6.12. The molecule has 17 heavy (non-hydrogen) atoms. The van der Waals surface area contributed by atoms with Crippen LogP contribution in [0.15, 0.2) is 0 Å². The first kappa shape index (κ1) is 12.6. The Labute approximate surface area is 108 Å². The molecule has 0 spiro atoms. The van der Waals surface area contributed by atoms with Crippen LogP contribution in [0.3, 0.4) is 0 Å². The van der Waals surface area contributed by atoms with Crippen LogP contribution in [-0.2, 0) is 0 Å². The molecule has 0 aliphatic heterocycles. The molecule has 1 aromatic heterocycles. The lowest BCUT2D eigenvalue weighted by Gasteiger charge is -2.35. The highest BCUT2D eigenvalue weighted by Gasteiger charge is 2.27. The standard InChI is InChI=1S/C13H20ClN3/c1-9-11(14)15-10(2)16-12(9)17-13(3)7-5-4-6-8-13/h4-8H2,1-3H3,(H,15,16,17). The quantitative estimate of drug-likeness (QED) is 0.813. The number of hydrogen-bond acceptors (Lipinski definition) is 3. The maximum Gasteiger partial charge on any atom is 0.137 e. The van der Waals surface area contributed by atoms with Crippen molar-refractivity contribution in [3.8, 4) is 0 Å². The van der Waals surface area contributed by atoms with E-state index in [1.54, 1.807) is 0 Å². The number of aryl methyl sites for hydroxylation is 1. The molecule has 1 N–H and O–H groups in total. The van der Waals surface area contributed by atoms with Crippen LogP contribution in [-0.4, -0.2) is 15.5 Å². The number of aromatic nitrogens is 2. The van der Waals surface area contributed by atoms with Crippen LogP contribution < -0.4 is 5.32 Å². The molecule has 0 bridgehead atoms. The van der Waals surface area contributed by atoms with Gasteiger partial charge in [0.2, 0.25) is 0 Å². The molecule has 4 heteroatoms. The Hall–Kier alpha value is -0.830. The number of nitrogens with one attached hydrogen (secondary N) is 1. The van der Waals surface area contributed by atoms with Gasteiger partial charge in [-0.25, -0.2) is 9.97 Å². The number of nitrogens with zero attached hydrogens (tertiary/aromatic N) is 2. The smallest absolute Gasteiger partial charge is 0.137 e. The van der Waals surface area contributed by atoms with Crippen molar-refractivity contribution in [1.29, 1.82) is 0 Å². The van der Waals surface area contributed by atoms with E-state index in [1.807, 2.05) is 13.8 Å². The molecule has 1 saturated carbocycles. The summed E-state index contributed by atoms with van der Waals surface area (Å²) in [6, 6.07) is 0. The molecule has 1 fully saturated rings. The maximum absolute atomic E-state index is 6.09. The summed E-state index contributed by atoms with van der Waals surface area (Å²) in [7, 11) is 0. The van der Waals surface area contributed by atoms with Gasteiger partial charge in [0.1, 0.15) is 16.8 Å². The summed E-state index contributed by atoms with van der Waals surface area (Å²) in [6.07, 6.45) is 6.33. The highest BCUT2D eigenvalue weighted by atomic mass is 35.5. The molecule has 94 valence electrons. The number of hydrogen-bond donors (Lipinski definition) is 1. The molecule has 1 aliphatic rings. The van der Waals surface area contributed by atoms with Gasteiger partial charge in [-0.15, -0.1) is 0 Å². The highest BCUT2D eigenvalue weighted by Crippen LogP contribution is 2.32. The average molecular weight is 254 g/mol. The second kappa shape index (κ2) is 4.81. The zero-order chi connectivity index (χ0) is 12.5. The fourth-order valence-corrected chi connectivity index (χ4v) is 2.67. The van der Waals surface area contributed by atoms with Crippen molar-refractivity contribution in [1.82, 2.24) is 9.97 Å². The van der Waals surface area contributed by atoms with Crippen molar-refractivity contribution >= 4 is 17.4 Å². The van der Waals surface area contributed by atoms with E-state index in [4.69, 9.17) is 11.6 Å². The lowest BCUT2D eigenvalue weighted by atomic mass is 9.83. The molecule has 0 amide bonds. The fourth-order valence-electron chi connectivity index (χ4n) is 2.46. The molecule has 1 heterocycles. The van der Waals surface area contributed by atoms with Gasteiger partial charge < -0.3 is 5.32 Å². The van der Waals surface area contributed by atoms with Crippen LogP contribution in [0.2, 0.25) is 5.15 Å². The Kier molecular flexibility index (Phi) is 3.57. The fraction of sp³-hybridized carbons (Fsp3) is 0.692. The largest absolute Gasteiger partial charge is 0.365 e. The minimum atomic E-state index is 0.160. The van der Waals surface area contributed by atoms with Crippen molar-refractivity contribution in [2.75, 3.05) is 5.32 Å². The molecule has 2 rings (SSSR count). The van der Waals surface area contributed by atoms with Crippen LogP contribution >= 0.6 is 11.6 Å². The van der Waals surface area contributed by atoms with Gasteiger partial charge in [-0.05, 0) is 33.6 Å². The maximum atomic E-state index is 6.09. The second-order valence-corrected chi connectivity index (χ2v) is 5.64. The Balaban J connectivity index is 2.23. The van der Waals surface area contributed by atoms with Gasteiger partial charge in [0.05, 0.1) is 0 Å². The molecule has 1 aliphatic carbocycles.